The molecule has 3 rings (SSSR count). The Bertz CT molecular complexity index is 961. The fourth-order valence-corrected chi connectivity index (χ4v) is 2.05. The SMILES string of the molecule is N#Cc1cnn(-c2cc(Nc3ccc(OC(F)(F)F)cc3)ncn2)c1N. The minimum atomic E-state index is -4.75. The van der Waals surface area contributed by atoms with E-state index in [1.807, 2.05) is 6.07 Å². The molecule has 0 amide bonds. The smallest absolute Gasteiger partial charge is 0.406 e. The van der Waals surface area contributed by atoms with Crippen LogP contribution in [0.5, 0.6) is 5.75 Å². The first-order chi connectivity index (χ1) is 12.4. The van der Waals surface area contributed by atoms with E-state index in [-0.39, 0.29) is 17.1 Å². The van der Waals surface area contributed by atoms with Gasteiger partial charge in [-0.15, -0.1) is 13.2 Å². The number of anilines is 3. The number of nitrogen functional groups attached to an aromatic ring is 1. The lowest BCUT2D eigenvalue weighted by Crippen LogP contribution is -2.16. The summed E-state index contributed by atoms with van der Waals surface area (Å²) in [5.74, 6) is 0.469. The third kappa shape index (κ3) is 3.81. The molecular formula is C15H10F3N7O. The second-order valence-corrected chi connectivity index (χ2v) is 4.93. The highest BCUT2D eigenvalue weighted by molar-refractivity contribution is 5.59. The van der Waals surface area contributed by atoms with Crippen LogP contribution in [0.3, 0.4) is 0 Å². The average molecular weight is 361 g/mol. The van der Waals surface area contributed by atoms with Gasteiger partial charge in [0.15, 0.2) is 5.82 Å². The molecule has 0 unspecified atom stereocenters. The number of aromatic nitrogens is 4. The Morgan fingerprint density at radius 2 is 1.92 bits per heavy atom. The van der Waals surface area contributed by atoms with Crippen molar-refractivity contribution in [3.63, 3.8) is 0 Å². The van der Waals surface area contributed by atoms with Gasteiger partial charge in [-0.05, 0) is 24.3 Å². The second-order valence-electron chi connectivity index (χ2n) is 4.93. The Hall–Kier alpha value is -3.81. The van der Waals surface area contributed by atoms with Gasteiger partial charge in [0.25, 0.3) is 0 Å². The Kier molecular flexibility index (Phi) is 4.32. The van der Waals surface area contributed by atoms with E-state index in [2.05, 4.69) is 25.1 Å². The van der Waals surface area contributed by atoms with E-state index in [0.29, 0.717) is 17.3 Å². The van der Waals surface area contributed by atoms with Crippen molar-refractivity contribution in [1.29, 1.82) is 5.26 Å². The van der Waals surface area contributed by atoms with Crippen LogP contribution in [-0.4, -0.2) is 26.1 Å². The van der Waals surface area contributed by atoms with Gasteiger partial charge in [-0.3, -0.25) is 0 Å². The molecule has 2 aromatic heterocycles. The largest absolute Gasteiger partial charge is 0.573 e. The van der Waals surface area contributed by atoms with Crippen LogP contribution in [0.15, 0.2) is 42.9 Å². The molecule has 1 aromatic carbocycles. The van der Waals surface area contributed by atoms with Crippen LogP contribution < -0.4 is 15.8 Å². The van der Waals surface area contributed by atoms with Crippen LogP contribution in [-0.2, 0) is 0 Å². The number of halogens is 3. The summed E-state index contributed by atoms with van der Waals surface area (Å²) in [4.78, 5) is 8.05. The monoisotopic (exact) mass is 361 g/mol. The lowest BCUT2D eigenvalue weighted by Gasteiger charge is -2.10. The zero-order valence-electron chi connectivity index (χ0n) is 12.9. The van der Waals surface area contributed by atoms with Crippen LogP contribution in [0.1, 0.15) is 5.56 Å². The molecular weight excluding hydrogens is 351 g/mol. The van der Waals surface area contributed by atoms with Crippen molar-refractivity contribution in [1.82, 2.24) is 19.7 Å². The predicted molar refractivity (Wildman–Crippen MR) is 84.7 cm³/mol. The van der Waals surface area contributed by atoms with Gasteiger partial charge in [0.05, 0.1) is 6.20 Å². The first-order valence-electron chi connectivity index (χ1n) is 7.04. The summed E-state index contributed by atoms with van der Waals surface area (Å²) in [6, 6.07) is 8.56. The maximum atomic E-state index is 12.2. The molecule has 3 N–H and O–H groups in total. The standard InChI is InChI=1S/C15H10F3N7O/c16-15(17,18)26-11-3-1-10(2-4-11)24-12-5-13(22-8-21-12)25-14(20)9(6-19)7-23-25/h1-5,7-8H,20H2,(H,21,22,24). The van der Waals surface area contributed by atoms with Gasteiger partial charge in [0, 0.05) is 11.8 Å². The van der Waals surface area contributed by atoms with E-state index >= 15 is 0 Å². The zero-order chi connectivity index (χ0) is 18.7. The van der Waals surface area contributed by atoms with Crippen molar-refractivity contribution in [3.05, 3.63) is 48.4 Å². The van der Waals surface area contributed by atoms with Crippen LogP contribution in [0.2, 0.25) is 0 Å². The topological polar surface area (TPSA) is 115 Å². The third-order valence-electron chi connectivity index (χ3n) is 3.16. The summed E-state index contributed by atoms with van der Waals surface area (Å²) in [5.41, 5.74) is 6.50. The van der Waals surface area contributed by atoms with E-state index in [4.69, 9.17) is 11.0 Å². The van der Waals surface area contributed by atoms with Gasteiger partial charge in [-0.2, -0.15) is 15.0 Å². The molecule has 0 saturated heterocycles. The summed E-state index contributed by atoms with van der Waals surface area (Å²) < 4.78 is 41.6. The van der Waals surface area contributed by atoms with Gasteiger partial charge in [-0.25, -0.2) is 9.97 Å². The number of alkyl halides is 3. The number of nitrogens with two attached hydrogens (primary N) is 1. The van der Waals surface area contributed by atoms with Crippen LogP contribution >= 0.6 is 0 Å². The minimum Gasteiger partial charge on any atom is -0.406 e. The Morgan fingerprint density at radius 3 is 2.54 bits per heavy atom. The molecule has 0 fully saturated rings. The van der Waals surface area contributed by atoms with Crippen LogP contribution in [0.25, 0.3) is 5.82 Å². The molecule has 0 bridgehead atoms. The van der Waals surface area contributed by atoms with Crippen molar-refractivity contribution >= 4 is 17.3 Å². The number of nitrogens with one attached hydrogen (secondary N) is 1. The maximum absolute atomic E-state index is 12.2. The van der Waals surface area contributed by atoms with Gasteiger partial charge in [-0.1, -0.05) is 0 Å². The van der Waals surface area contributed by atoms with Crippen molar-refractivity contribution in [2.75, 3.05) is 11.1 Å². The van der Waals surface area contributed by atoms with Gasteiger partial charge in [0.2, 0.25) is 0 Å². The molecule has 0 aliphatic carbocycles. The highest BCUT2D eigenvalue weighted by atomic mass is 19.4. The molecule has 0 aliphatic rings. The van der Waals surface area contributed by atoms with Crippen molar-refractivity contribution in [2.24, 2.45) is 0 Å². The summed E-state index contributed by atoms with van der Waals surface area (Å²) in [6.45, 7) is 0. The van der Waals surface area contributed by atoms with E-state index in [9.17, 15) is 13.2 Å². The molecule has 0 spiro atoms. The molecule has 3 aromatic rings. The number of hydrogen-bond donors (Lipinski definition) is 2. The van der Waals surface area contributed by atoms with Crippen LogP contribution in [0, 0.1) is 11.3 Å². The first kappa shape index (κ1) is 17.0. The number of rotatable bonds is 4. The van der Waals surface area contributed by atoms with E-state index in [0.717, 1.165) is 0 Å². The molecule has 0 atom stereocenters. The van der Waals surface area contributed by atoms with Gasteiger partial charge < -0.3 is 15.8 Å². The van der Waals surface area contributed by atoms with Gasteiger partial charge >= 0.3 is 6.36 Å². The number of nitriles is 1. The molecule has 11 heteroatoms. The molecule has 132 valence electrons. The average Bonchev–Trinajstić information content (AvgIpc) is 2.96. The van der Waals surface area contributed by atoms with Crippen molar-refractivity contribution in [3.8, 4) is 17.6 Å². The predicted octanol–water partition coefficient (Wildman–Crippen LogP) is 2.76. The van der Waals surface area contributed by atoms with Crippen molar-refractivity contribution in [2.45, 2.75) is 6.36 Å². The number of benzene rings is 1. The second kappa shape index (κ2) is 6.60. The molecule has 0 aliphatic heterocycles. The number of ether oxygens (including phenoxy) is 1. The molecule has 2 heterocycles. The fraction of sp³-hybridized carbons (Fsp3) is 0.0667. The van der Waals surface area contributed by atoms with Crippen LogP contribution in [0.4, 0.5) is 30.5 Å². The lowest BCUT2D eigenvalue weighted by atomic mass is 10.3. The summed E-state index contributed by atoms with van der Waals surface area (Å²) in [7, 11) is 0. The van der Waals surface area contributed by atoms with Gasteiger partial charge in [0.1, 0.15) is 35.3 Å². The normalized spacial score (nSPS) is 11.0. The molecule has 26 heavy (non-hydrogen) atoms. The van der Waals surface area contributed by atoms with Crippen molar-refractivity contribution < 1.29 is 17.9 Å². The fourth-order valence-electron chi connectivity index (χ4n) is 2.05. The Balaban J connectivity index is 1.79. The van der Waals surface area contributed by atoms with E-state index in [1.54, 1.807) is 0 Å². The van der Waals surface area contributed by atoms with E-state index < -0.39 is 6.36 Å². The zero-order valence-corrected chi connectivity index (χ0v) is 12.9. The highest BCUT2D eigenvalue weighted by Gasteiger charge is 2.30. The Labute approximate surface area is 144 Å². The summed E-state index contributed by atoms with van der Waals surface area (Å²) >= 11 is 0. The number of nitrogens with zero attached hydrogens (tertiary/aromatic N) is 5. The quantitative estimate of drug-likeness (QED) is 0.734. The maximum Gasteiger partial charge on any atom is 0.573 e. The molecule has 8 nitrogen and oxygen atoms in total. The number of hydrogen-bond acceptors (Lipinski definition) is 7. The molecule has 0 radical (unpaired) electrons. The Morgan fingerprint density at radius 1 is 1.19 bits per heavy atom. The minimum absolute atomic E-state index is 0.130. The summed E-state index contributed by atoms with van der Waals surface area (Å²) in [5, 5.41) is 15.8. The first-order valence-corrected chi connectivity index (χ1v) is 7.04. The summed E-state index contributed by atoms with van der Waals surface area (Å²) in [6.07, 6.45) is -2.18. The lowest BCUT2D eigenvalue weighted by molar-refractivity contribution is -0.274. The third-order valence-corrected chi connectivity index (χ3v) is 3.16. The molecule has 0 saturated carbocycles. The van der Waals surface area contributed by atoms with E-state index in [1.165, 1.54) is 47.5 Å². The highest BCUT2D eigenvalue weighted by Crippen LogP contribution is 2.25.